The Morgan fingerprint density at radius 2 is 1.74 bits per heavy atom. The third-order valence-corrected chi connectivity index (χ3v) is 5.89. The Bertz CT molecular complexity index is 784. The highest BCUT2D eigenvalue weighted by molar-refractivity contribution is 5.91. The molecule has 0 aromatic heterocycles. The fourth-order valence-corrected chi connectivity index (χ4v) is 4.15. The minimum atomic E-state index is -0.506. The molecule has 0 radical (unpaired) electrons. The Labute approximate surface area is 161 Å². The molecule has 4 heteroatoms. The van der Waals surface area contributed by atoms with Crippen molar-refractivity contribution in [1.82, 2.24) is 9.80 Å². The van der Waals surface area contributed by atoms with Gasteiger partial charge in [0.15, 0.2) is 0 Å². The number of aliphatic hydroxyl groups excluding tert-OH is 1. The quantitative estimate of drug-likeness (QED) is 0.907. The van der Waals surface area contributed by atoms with Gasteiger partial charge in [-0.2, -0.15) is 0 Å². The average Bonchev–Trinajstić information content (AvgIpc) is 3.48. The van der Waals surface area contributed by atoms with Crippen LogP contribution in [-0.4, -0.2) is 53.1 Å². The summed E-state index contributed by atoms with van der Waals surface area (Å²) in [4.78, 5) is 17.5. The minimum Gasteiger partial charge on any atom is -0.390 e. The topological polar surface area (TPSA) is 43.8 Å². The molecule has 0 bridgehead atoms. The van der Waals surface area contributed by atoms with Crippen molar-refractivity contribution in [1.29, 1.82) is 0 Å². The van der Waals surface area contributed by atoms with Gasteiger partial charge in [0.1, 0.15) is 0 Å². The second-order valence-corrected chi connectivity index (χ2v) is 8.07. The molecule has 1 saturated heterocycles. The summed E-state index contributed by atoms with van der Waals surface area (Å²) in [6, 6.07) is 18.7. The highest BCUT2D eigenvalue weighted by Gasteiger charge is 2.53. The molecule has 2 aromatic rings. The maximum atomic E-state index is 13.3. The maximum absolute atomic E-state index is 13.3. The number of carbonyl (C=O) groups is 1. The molecule has 1 atom stereocenters. The predicted molar refractivity (Wildman–Crippen MR) is 106 cm³/mol. The summed E-state index contributed by atoms with van der Waals surface area (Å²) in [5, 5.41) is 10.5. The Balaban J connectivity index is 1.45. The number of hydrogen-bond acceptors (Lipinski definition) is 3. The van der Waals surface area contributed by atoms with E-state index in [0.717, 1.165) is 31.5 Å². The van der Waals surface area contributed by atoms with Crippen molar-refractivity contribution in [2.75, 3.05) is 26.2 Å². The van der Waals surface area contributed by atoms with Gasteiger partial charge < -0.3 is 10.0 Å². The van der Waals surface area contributed by atoms with E-state index in [0.29, 0.717) is 19.6 Å². The summed E-state index contributed by atoms with van der Waals surface area (Å²) in [7, 11) is 0. The number of nitrogens with zero attached hydrogens (tertiary/aromatic N) is 2. The summed E-state index contributed by atoms with van der Waals surface area (Å²) in [6.07, 6.45) is 1.32. The van der Waals surface area contributed by atoms with Crippen molar-refractivity contribution >= 4 is 5.91 Å². The average molecular weight is 364 g/mol. The van der Waals surface area contributed by atoms with Crippen LogP contribution in [-0.2, 0) is 16.8 Å². The van der Waals surface area contributed by atoms with Gasteiger partial charge in [-0.25, -0.2) is 0 Å². The van der Waals surface area contributed by atoms with Crippen LogP contribution in [0.4, 0.5) is 0 Å². The van der Waals surface area contributed by atoms with Gasteiger partial charge in [-0.05, 0) is 30.9 Å². The van der Waals surface area contributed by atoms with Crippen molar-refractivity contribution in [3.63, 3.8) is 0 Å². The first-order chi connectivity index (χ1) is 13.1. The summed E-state index contributed by atoms with van der Waals surface area (Å²) in [5.41, 5.74) is 3.21. The fraction of sp³-hybridized carbons (Fsp3) is 0.435. The van der Waals surface area contributed by atoms with Crippen LogP contribution in [0.3, 0.4) is 0 Å². The molecule has 1 aliphatic heterocycles. The third-order valence-electron chi connectivity index (χ3n) is 5.89. The normalized spacial score (nSPS) is 22.3. The first-order valence-electron chi connectivity index (χ1n) is 9.88. The largest absolute Gasteiger partial charge is 0.390 e. The molecule has 4 rings (SSSR count). The Kier molecular flexibility index (Phi) is 5.02. The lowest BCUT2D eigenvalue weighted by molar-refractivity contribution is -0.134. The van der Waals surface area contributed by atoms with Crippen LogP contribution in [0.2, 0.25) is 0 Å². The molecule has 0 spiro atoms. The second-order valence-electron chi connectivity index (χ2n) is 8.07. The fourth-order valence-electron chi connectivity index (χ4n) is 4.15. The van der Waals surface area contributed by atoms with E-state index in [1.54, 1.807) is 0 Å². The van der Waals surface area contributed by atoms with E-state index < -0.39 is 6.10 Å². The molecule has 0 unspecified atom stereocenters. The zero-order valence-corrected chi connectivity index (χ0v) is 16.0. The minimum absolute atomic E-state index is 0.187. The van der Waals surface area contributed by atoms with E-state index in [4.69, 9.17) is 0 Å². The van der Waals surface area contributed by atoms with E-state index in [1.165, 1.54) is 11.1 Å². The highest BCUT2D eigenvalue weighted by Crippen LogP contribution is 2.49. The zero-order chi connectivity index (χ0) is 18.9. The van der Waals surface area contributed by atoms with Gasteiger partial charge in [0.05, 0.1) is 11.5 Å². The predicted octanol–water partition coefficient (Wildman–Crippen LogP) is 2.73. The molecular weight excluding hydrogens is 336 g/mol. The third kappa shape index (κ3) is 3.92. The van der Waals surface area contributed by atoms with E-state index in [2.05, 4.69) is 48.2 Å². The van der Waals surface area contributed by atoms with Gasteiger partial charge in [-0.15, -0.1) is 0 Å². The van der Waals surface area contributed by atoms with Crippen molar-refractivity contribution in [3.05, 3.63) is 71.3 Å². The Morgan fingerprint density at radius 1 is 1.04 bits per heavy atom. The lowest BCUT2D eigenvalue weighted by Crippen LogP contribution is -2.43. The zero-order valence-electron chi connectivity index (χ0n) is 16.0. The van der Waals surface area contributed by atoms with E-state index in [9.17, 15) is 9.90 Å². The van der Waals surface area contributed by atoms with E-state index in [-0.39, 0.29) is 11.3 Å². The van der Waals surface area contributed by atoms with Crippen LogP contribution < -0.4 is 0 Å². The second kappa shape index (κ2) is 7.45. The SMILES string of the molecule is Cc1ccc(C2(C(=O)N3CCN(Cc4ccccc4)C[C@@H](O)C3)CC2)cc1. The molecule has 27 heavy (non-hydrogen) atoms. The highest BCUT2D eigenvalue weighted by atomic mass is 16.3. The number of hydrogen-bond donors (Lipinski definition) is 1. The molecule has 1 heterocycles. The Hall–Kier alpha value is -2.17. The summed E-state index contributed by atoms with van der Waals surface area (Å²) in [5.74, 6) is 0.187. The van der Waals surface area contributed by atoms with Gasteiger partial charge in [0.2, 0.25) is 5.91 Å². The van der Waals surface area contributed by atoms with E-state index in [1.807, 2.05) is 23.1 Å². The number of benzene rings is 2. The number of aryl methyl sites for hydroxylation is 1. The number of β-amino-alcohol motifs (C(OH)–C–C–N with tert-alkyl or cyclic N) is 1. The van der Waals surface area contributed by atoms with Crippen LogP contribution >= 0.6 is 0 Å². The molecule has 2 aliphatic rings. The monoisotopic (exact) mass is 364 g/mol. The Morgan fingerprint density at radius 3 is 2.41 bits per heavy atom. The maximum Gasteiger partial charge on any atom is 0.233 e. The van der Waals surface area contributed by atoms with Crippen molar-refractivity contribution < 1.29 is 9.90 Å². The van der Waals surface area contributed by atoms with Gasteiger partial charge in [-0.3, -0.25) is 9.69 Å². The molecule has 2 fully saturated rings. The first-order valence-corrected chi connectivity index (χ1v) is 9.88. The summed E-state index contributed by atoms with van der Waals surface area (Å²) in [6.45, 7) is 5.38. The van der Waals surface area contributed by atoms with Crippen molar-refractivity contribution in [2.24, 2.45) is 0 Å². The smallest absolute Gasteiger partial charge is 0.233 e. The molecule has 4 nitrogen and oxygen atoms in total. The van der Waals surface area contributed by atoms with Crippen LogP contribution in [0.1, 0.15) is 29.5 Å². The molecule has 142 valence electrons. The molecule has 1 saturated carbocycles. The van der Waals surface area contributed by atoms with Gasteiger partial charge >= 0.3 is 0 Å². The van der Waals surface area contributed by atoms with E-state index >= 15 is 0 Å². The lowest BCUT2D eigenvalue weighted by atomic mass is 9.93. The molecule has 1 amide bonds. The number of aliphatic hydroxyl groups is 1. The summed E-state index contributed by atoms with van der Waals surface area (Å²) < 4.78 is 0. The van der Waals surface area contributed by atoms with Gasteiger partial charge in [0, 0.05) is 32.7 Å². The number of amides is 1. The standard InChI is InChI=1S/C23H28N2O2/c1-18-7-9-20(10-8-18)23(11-12-23)22(27)25-14-13-24(16-21(26)17-25)15-19-5-3-2-4-6-19/h2-10,21,26H,11-17H2,1H3/t21-/m1/s1. The van der Waals surface area contributed by atoms with Crippen LogP contribution in [0, 0.1) is 6.92 Å². The van der Waals surface area contributed by atoms with Crippen LogP contribution in [0.25, 0.3) is 0 Å². The van der Waals surface area contributed by atoms with Gasteiger partial charge in [-0.1, -0.05) is 60.2 Å². The van der Waals surface area contributed by atoms with Crippen LogP contribution in [0.5, 0.6) is 0 Å². The molecular formula is C23H28N2O2. The van der Waals surface area contributed by atoms with Crippen molar-refractivity contribution in [2.45, 2.75) is 37.8 Å². The van der Waals surface area contributed by atoms with Crippen molar-refractivity contribution in [3.8, 4) is 0 Å². The number of rotatable bonds is 4. The molecule has 2 aromatic carbocycles. The lowest BCUT2D eigenvalue weighted by Gasteiger charge is -2.27. The van der Waals surface area contributed by atoms with Crippen LogP contribution in [0.15, 0.2) is 54.6 Å². The number of carbonyl (C=O) groups excluding carboxylic acids is 1. The van der Waals surface area contributed by atoms with Gasteiger partial charge in [0.25, 0.3) is 0 Å². The molecule has 1 N–H and O–H groups in total. The molecule has 1 aliphatic carbocycles. The first kappa shape index (κ1) is 18.2. The summed E-state index contributed by atoms with van der Waals surface area (Å²) >= 11 is 0.